The molecule has 0 bridgehead atoms. The third-order valence-corrected chi connectivity index (χ3v) is 4.51. The molecule has 0 N–H and O–H groups in total. The number of halogens is 1. The van der Waals surface area contributed by atoms with E-state index in [0.717, 1.165) is 17.7 Å². The van der Waals surface area contributed by atoms with Gasteiger partial charge in [-0.05, 0) is 41.5 Å². The Bertz CT molecular complexity index is 404. The minimum atomic E-state index is 0.260. The van der Waals surface area contributed by atoms with Crippen molar-refractivity contribution in [2.45, 2.75) is 47.5 Å². The molecule has 1 unspecified atom stereocenters. The molecule has 1 rings (SSSR count). The summed E-state index contributed by atoms with van der Waals surface area (Å²) in [7, 11) is 0. The first-order valence-electron chi connectivity index (χ1n) is 7.05. The van der Waals surface area contributed by atoms with Gasteiger partial charge in [-0.3, -0.25) is 0 Å². The van der Waals surface area contributed by atoms with Gasteiger partial charge in [0, 0.05) is 11.2 Å². The minimum absolute atomic E-state index is 0.260. The van der Waals surface area contributed by atoms with Crippen LogP contribution in [0, 0.1) is 18.3 Å². The second-order valence-electron chi connectivity index (χ2n) is 6.70. The molecule has 0 heterocycles. The summed E-state index contributed by atoms with van der Waals surface area (Å²) in [6, 6.07) is 6.44. The molecule has 0 aromatic heterocycles. The monoisotopic (exact) mass is 326 g/mol. The molecule has 19 heavy (non-hydrogen) atoms. The van der Waals surface area contributed by atoms with Crippen LogP contribution >= 0.6 is 15.9 Å². The molecule has 1 atom stereocenters. The lowest BCUT2D eigenvalue weighted by Gasteiger charge is -2.29. The molecule has 0 fully saturated rings. The summed E-state index contributed by atoms with van der Waals surface area (Å²) in [5.74, 6) is 2.06. The van der Waals surface area contributed by atoms with Gasteiger partial charge in [-0.1, -0.05) is 56.6 Å². The molecule has 1 aromatic carbocycles. The van der Waals surface area contributed by atoms with Crippen LogP contribution in [0.5, 0.6) is 5.75 Å². The molecular formula is C17H27BrO. The van der Waals surface area contributed by atoms with Gasteiger partial charge in [0.05, 0.1) is 6.61 Å². The largest absolute Gasteiger partial charge is 0.493 e. The average molecular weight is 327 g/mol. The summed E-state index contributed by atoms with van der Waals surface area (Å²) in [6.45, 7) is 14.1. The maximum atomic E-state index is 5.97. The lowest BCUT2D eigenvalue weighted by Crippen LogP contribution is -2.27. The van der Waals surface area contributed by atoms with E-state index >= 15 is 0 Å². The van der Waals surface area contributed by atoms with Crippen LogP contribution in [0.2, 0.25) is 0 Å². The van der Waals surface area contributed by atoms with Crippen LogP contribution < -0.4 is 4.74 Å². The summed E-state index contributed by atoms with van der Waals surface area (Å²) in [5.41, 5.74) is 2.98. The Hall–Kier alpha value is -0.500. The van der Waals surface area contributed by atoms with Gasteiger partial charge in [0.15, 0.2) is 0 Å². The molecule has 108 valence electrons. The van der Waals surface area contributed by atoms with E-state index in [1.807, 2.05) is 0 Å². The van der Waals surface area contributed by atoms with Crippen LogP contribution in [0.25, 0.3) is 0 Å². The van der Waals surface area contributed by atoms with Crippen molar-refractivity contribution in [3.8, 4) is 5.75 Å². The third-order valence-electron chi connectivity index (χ3n) is 3.73. The number of ether oxygens (including phenoxy) is 1. The van der Waals surface area contributed by atoms with Crippen LogP contribution in [0.4, 0.5) is 0 Å². The number of alkyl halides is 1. The zero-order valence-corrected chi connectivity index (χ0v) is 14.7. The first-order chi connectivity index (χ1) is 8.75. The number of benzene rings is 1. The standard InChI is InChI=1S/C17H27BrO/c1-12(2)16-8-7-15(9-13(16)3)19-11-14(10-18)17(4,5)6/h7-9,12,14H,10-11H2,1-6H3. The van der Waals surface area contributed by atoms with Crippen LogP contribution in [0.15, 0.2) is 18.2 Å². The first-order valence-corrected chi connectivity index (χ1v) is 8.17. The van der Waals surface area contributed by atoms with Gasteiger partial charge in [0.2, 0.25) is 0 Å². The molecule has 1 nitrogen and oxygen atoms in total. The predicted molar refractivity (Wildman–Crippen MR) is 87.5 cm³/mol. The number of hydrogen-bond donors (Lipinski definition) is 0. The van der Waals surface area contributed by atoms with E-state index in [1.165, 1.54) is 11.1 Å². The van der Waals surface area contributed by atoms with E-state index in [0.29, 0.717) is 11.8 Å². The summed E-state index contributed by atoms with van der Waals surface area (Å²) in [4.78, 5) is 0. The Morgan fingerprint density at radius 3 is 2.26 bits per heavy atom. The molecule has 0 radical (unpaired) electrons. The number of rotatable bonds is 5. The van der Waals surface area contributed by atoms with Crippen LogP contribution in [0.3, 0.4) is 0 Å². The van der Waals surface area contributed by atoms with Crippen LogP contribution in [-0.4, -0.2) is 11.9 Å². The van der Waals surface area contributed by atoms with Gasteiger partial charge in [-0.25, -0.2) is 0 Å². The highest BCUT2D eigenvalue weighted by molar-refractivity contribution is 9.09. The van der Waals surface area contributed by atoms with Crippen molar-refractivity contribution in [2.75, 3.05) is 11.9 Å². The topological polar surface area (TPSA) is 9.23 Å². The van der Waals surface area contributed by atoms with E-state index < -0.39 is 0 Å². The normalized spacial score (nSPS) is 13.7. The Labute approximate surface area is 126 Å². The van der Waals surface area contributed by atoms with Crippen LogP contribution in [-0.2, 0) is 0 Å². The lowest BCUT2D eigenvalue weighted by atomic mass is 9.83. The van der Waals surface area contributed by atoms with Gasteiger partial charge < -0.3 is 4.74 Å². The van der Waals surface area contributed by atoms with Crippen molar-refractivity contribution in [3.63, 3.8) is 0 Å². The maximum Gasteiger partial charge on any atom is 0.119 e. The SMILES string of the molecule is Cc1cc(OCC(CBr)C(C)(C)C)ccc1C(C)C. The van der Waals surface area contributed by atoms with Gasteiger partial charge >= 0.3 is 0 Å². The Morgan fingerprint density at radius 2 is 1.84 bits per heavy atom. The van der Waals surface area contributed by atoms with Crippen LogP contribution in [0.1, 0.15) is 51.7 Å². The molecular weight excluding hydrogens is 300 g/mol. The molecule has 0 amide bonds. The third kappa shape index (κ3) is 4.83. The number of aryl methyl sites for hydroxylation is 1. The van der Waals surface area contributed by atoms with Gasteiger partial charge in [-0.15, -0.1) is 0 Å². The fourth-order valence-electron chi connectivity index (χ4n) is 2.11. The van der Waals surface area contributed by atoms with Crippen molar-refractivity contribution in [3.05, 3.63) is 29.3 Å². The van der Waals surface area contributed by atoms with Crippen molar-refractivity contribution < 1.29 is 4.74 Å². The zero-order valence-electron chi connectivity index (χ0n) is 13.1. The first kappa shape index (κ1) is 16.6. The summed E-state index contributed by atoms with van der Waals surface area (Å²) in [5, 5.41) is 0.972. The molecule has 2 heteroatoms. The highest BCUT2D eigenvalue weighted by Crippen LogP contribution is 2.29. The van der Waals surface area contributed by atoms with E-state index in [1.54, 1.807) is 0 Å². The fourth-order valence-corrected chi connectivity index (χ4v) is 3.27. The smallest absolute Gasteiger partial charge is 0.119 e. The quantitative estimate of drug-likeness (QED) is 0.644. The zero-order chi connectivity index (χ0) is 14.6. The average Bonchev–Trinajstić information content (AvgIpc) is 2.27. The molecule has 0 saturated carbocycles. The molecule has 0 aliphatic heterocycles. The van der Waals surface area contributed by atoms with Crippen molar-refractivity contribution in [2.24, 2.45) is 11.3 Å². The van der Waals surface area contributed by atoms with Crippen molar-refractivity contribution >= 4 is 15.9 Å². The Morgan fingerprint density at radius 1 is 1.21 bits per heavy atom. The second-order valence-corrected chi connectivity index (χ2v) is 7.35. The predicted octanol–water partition coefficient (Wildman–Crippen LogP) is 5.55. The Kier molecular flexibility index (Phi) is 5.91. The van der Waals surface area contributed by atoms with Crippen molar-refractivity contribution in [1.82, 2.24) is 0 Å². The maximum absolute atomic E-state index is 5.97. The molecule has 0 spiro atoms. The van der Waals surface area contributed by atoms with E-state index in [-0.39, 0.29) is 5.41 Å². The summed E-state index contributed by atoms with van der Waals surface area (Å²) < 4.78 is 5.97. The van der Waals surface area contributed by atoms with E-state index in [4.69, 9.17) is 4.74 Å². The molecule has 0 saturated heterocycles. The van der Waals surface area contributed by atoms with Gasteiger partial charge in [-0.2, -0.15) is 0 Å². The van der Waals surface area contributed by atoms with E-state index in [2.05, 4.69) is 75.7 Å². The highest BCUT2D eigenvalue weighted by atomic mass is 79.9. The highest BCUT2D eigenvalue weighted by Gasteiger charge is 2.24. The summed E-state index contributed by atoms with van der Waals surface area (Å²) >= 11 is 3.59. The fraction of sp³-hybridized carbons (Fsp3) is 0.647. The van der Waals surface area contributed by atoms with Crippen molar-refractivity contribution in [1.29, 1.82) is 0 Å². The van der Waals surface area contributed by atoms with Gasteiger partial charge in [0.1, 0.15) is 5.75 Å². The summed E-state index contributed by atoms with van der Waals surface area (Å²) in [6.07, 6.45) is 0. The van der Waals surface area contributed by atoms with Gasteiger partial charge in [0.25, 0.3) is 0 Å². The molecule has 0 aliphatic rings. The number of hydrogen-bond acceptors (Lipinski definition) is 1. The second kappa shape index (κ2) is 6.78. The van der Waals surface area contributed by atoms with E-state index in [9.17, 15) is 0 Å². The molecule has 0 aliphatic carbocycles. The lowest BCUT2D eigenvalue weighted by molar-refractivity contribution is 0.166. The Balaban J connectivity index is 2.71. The molecule has 1 aromatic rings. The minimum Gasteiger partial charge on any atom is -0.493 e.